The minimum Gasteiger partial charge on any atom is -0.450 e. The molecule has 0 N–H and O–H groups in total. The van der Waals surface area contributed by atoms with Crippen LogP contribution in [0.3, 0.4) is 0 Å². The van der Waals surface area contributed by atoms with Gasteiger partial charge in [-0.25, -0.2) is 4.79 Å². The van der Waals surface area contributed by atoms with E-state index < -0.39 is 10.9 Å². The van der Waals surface area contributed by atoms with Crippen molar-refractivity contribution in [2.45, 2.75) is 26.2 Å². The normalized spacial score (nSPS) is 13.2. The van der Waals surface area contributed by atoms with Crippen LogP contribution >= 0.6 is 0 Å². The van der Waals surface area contributed by atoms with E-state index in [2.05, 4.69) is 0 Å². The van der Waals surface area contributed by atoms with Crippen LogP contribution in [0.4, 0.5) is 5.69 Å². The number of rotatable bonds is 9. The third-order valence-corrected chi connectivity index (χ3v) is 4.52. The predicted molar refractivity (Wildman–Crippen MR) is 101 cm³/mol. The SMILES string of the molecule is CCCN(CC1CC1)C(=O)COC(=O)c1ccc(-c2ccc([N+](=O)[O-])cc2)o1. The number of carbonyl (C=O) groups excluding carboxylic acids is 2. The lowest BCUT2D eigenvalue weighted by molar-refractivity contribution is -0.384. The van der Waals surface area contributed by atoms with Crippen LogP contribution in [-0.2, 0) is 9.53 Å². The van der Waals surface area contributed by atoms with Crippen LogP contribution in [0.5, 0.6) is 0 Å². The molecule has 0 spiro atoms. The van der Waals surface area contributed by atoms with E-state index in [0.717, 1.165) is 25.8 Å². The monoisotopic (exact) mass is 386 g/mol. The van der Waals surface area contributed by atoms with E-state index in [1.807, 2.05) is 6.92 Å². The van der Waals surface area contributed by atoms with Gasteiger partial charge >= 0.3 is 5.97 Å². The average Bonchev–Trinajstić information content (AvgIpc) is 3.37. The Kier molecular flexibility index (Phi) is 6.08. The molecule has 0 unspecified atom stereocenters. The molecule has 1 fully saturated rings. The van der Waals surface area contributed by atoms with Gasteiger partial charge in [-0.3, -0.25) is 14.9 Å². The minimum absolute atomic E-state index is 0.0228. The van der Waals surface area contributed by atoms with Gasteiger partial charge < -0.3 is 14.1 Å². The Balaban J connectivity index is 1.57. The Hall–Kier alpha value is -3.16. The smallest absolute Gasteiger partial charge is 0.374 e. The van der Waals surface area contributed by atoms with Crippen LogP contribution in [0.2, 0.25) is 0 Å². The molecule has 0 aliphatic heterocycles. The maximum absolute atomic E-state index is 12.3. The standard InChI is InChI=1S/C20H22N2O6/c1-2-11-21(12-14-3-4-14)19(23)13-27-20(24)18-10-9-17(28-18)15-5-7-16(8-6-15)22(25)26/h5-10,14H,2-4,11-13H2,1H3. The van der Waals surface area contributed by atoms with Gasteiger partial charge in [0.1, 0.15) is 5.76 Å². The molecule has 1 saturated carbocycles. The first-order valence-electron chi connectivity index (χ1n) is 9.27. The highest BCUT2D eigenvalue weighted by Gasteiger charge is 2.27. The van der Waals surface area contributed by atoms with Gasteiger partial charge in [0.25, 0.3) is 11.6 Å². The zero-order valence-electron chi connectivity index (χ0n) is 15.6. The summed E-state index contributed by atoms with van der Waals surface area (Å²) in [4.78, 5) is 36.5. The summed E-state index contributed by atoms with van der Waals surface area (Å²) in [5.74, 6) is 0.00839. The molecule has 0 atom stereocenters. The van der Waals surface area contributed by atoms with E-state index in [1.54, 1.807) is 11.0 Å². The number of hydrogen-bond donors (Lipinski definition) is 0. The molecular formula is C20H22N2O6. The number of non-ortho nitro benzene ring substituents is 1. The van der Waals surface area contributed by atoms with E-state index in [9.17, 15) is 19.7 Å². The molecule has 1 heterocycles. The van der Waals surface area contributed by atoms with Crippen molar-refractivity contribution in [3.63, 3.8) is 0 Å². The lowest BCUT2D eigenvalue weighted by atomic mass is 10.1. The Morgan fingerprint density at radius 3 is 2.54 bits per heavy atom. The van der Waals surface area contributed by atoms with Crippen molar-refractivity contribution in [3.05, 3.63) is 52.3 Å². The van der Waals surface area contributed by atoms with Crippen molar-refractivity contribution in [3.8, 4) is 11.3 Å². The van der Waals surface area contributed by atoms with E-state index in [1.165, 1.54) is 30.3 Å². The summed E-state index contributed by atoms with van der Waals surface area (Å²) in [6, 6.07) is 8.83. The highest BCUT2D eigenvalue weighted by Crippen LogP contribution is 2.30. The minimum atomic E-state index is -0.718. The maximum Gasteiger partial charge on any atom is 0.374 e. The van der Waals surface area contributed by atoms with Crippen LogP contribution in [0.15, 0.2) is 40.8 Å². The molecule has 28 heavy (non-hydrogen) atoms. The molecule has 8 nitrogen and oxygen atoms in total. The number of furan rings is 1. The number of nitrogens with zero attached hydrogens (tertiary/aromatic N) is 2. The first-order valence-corrected chi connectivity index (χ1v) is 9.27. The Labute approximate surface area is 162 Å². The van der Waals surface area contributed by atoms with Crippen LogP contribution in [0, 0.1) is 16.0 Å². The molecule has 2 aromatic rings. The number of ether oxygens (including phenoxy) is 1. The number of nitro benzene ring substituents is 1. The van der Waals surface area contributed by atoms with Gasteiger partial charge in [0.05, 0.1) is 4.92 Å². The van der Waals surface area contributed by atoms with Crippen molar-refractivity contribution in [1.29, 1.82) is 0 Å². The fraction of sp³-hybridized carbons (Fsp3) is 0.400. The fourth-order valence-electron chi connectivity index (χ4n) is 2.84. The Morgan fingerprint density at radius 1 is 1.21 bits per heavy atom. The average molecular weight is 386 g/mol. The van der Waals surface area contributed by atoms with Crippen molar-refractivity contribution in [2.75, 3.05) is 19.7 Å². The second kappa shape index (κ2) is 8.69. The van der Waals surface area contributed by atoms with E-state index in [0.29, 0.717) is 23.8 Å². The van der Waals surface area contributed by atoms with Crippen LogP contribution in [-0.4, -0.2) is 41.4 Å². The van der Waals surface area contributed by atoms with Crippen molar-refractivity contribution >= 4 is 17.6 Å². The van der Waals surface area contributed by atoms with E-state index >= 15 is 0 Å². The highest BCUT2D eigenvalue weighted by molar-refractivity contribution is 5.89. The Morgan fingerprint density at radius 2 is 1.93 bits per heavy atom. The summed E-state index contributed by atoms with van der Waals surface area (Å²) in [6.07, 6.45) is 3.14. The van der Waals surface area contributed by atoms with Gasteiger partial charge in [0.15, 0.2) is 6.61 Å². The zero-order valence-corrected chi connectivity index (χ0v) is 15.6. The highest BCUT2D eigenvalue weighted by atomic mass is 16.6. The van der Waals surface area contributed by atoms with Crippen molar-refractivity contribution in [1.82, 2.24) is 4.90 Å². The second-order valence-electron chi connectivity index (χ2n) is 6.83. The lowest BCUT2D eigenvalue weighted by Gasteiger charge is -2.21. The van der Waals surface area contributed by atoms with Crippen LogP contribution in [0.25, 0.3) is 11.3 Å². The number of esters is 1. The molecule has 1 amide bonds. The van der Waals surface area contributed by atoms with Gasteiger partial charge in [-0.05, 0) is 49.4 Å². The predicted octanol–water partition coefficient (Wildman–Crippen LogP) is 3.66. The maximum atomic E-state index is 12.3. The van der Waals surface area contributed by atoms with E-state index in [-0.39, 0.29) is 24.0 Å². The number of hydrogen-bond acceptors (Lipinski definition) is 6. The van der Waals surface area contributed by atoms with Gasteiger partial charge in [-0.2, -0.15) is 0 Å². The summed E-state index contributed by atoms with van der Waals surface area (Å²) in [5, 5.41) is 10.7. The molecule has 3 rings (SSSR count). The molecule has 1 aromatic heterocycles. The fourth-order valence-corrected chi connectivity index (χ4v) is 2.84. The molecule has 0 radical (unpaired) electrons. The largest absolute Gasteiger partial charge is 0.450 e. The lowest BCUT2D eigenvalue weighted by Crippen LogP contribution is -2.36. The van der Waals surface area contributed by atoms with Gasteiger partial charge in [0, 0.05) is 30.8 Å². The number of benzene rings is 1. The van der Waals surface area contributed by atoms with Crippen LogP contribution in [0.1, 0.15) is 36.7 Å². The third kappa shape index (κ3) is 4.97. The first-order chi connectivity index (χ1) is 13.5. The number of nitro groups is 1. The first kappa shape index (κ1) is 19.6. The second-order valence-corrected chi connectivity index (χ2v) is 6.83. The molecule has 0 saturated heterocycles. The zero-order chi connectivity index (χ0) is 20.1. The molecule has 0 bridgehead atoms. The molecular weight excluding hydrogens is 364 g/mol. The van der Waals surface area contributed by atoms with Gasteiger partial charge in [-0.1, -0.05) is 6.92 Å². The quantitative estimate of drug-likeness (QED) is 0.370. The Bertz CT molecular complexity index is 854. The molecule has 1 aliphatic rings. The number of carbonyl (C=O) groups is 2. The third-order valence-electron chi connectivity index (χ3n) is 4.52. The molecule has 1 aliphatic carbocycles. The summed E-state index contributed by atoms with van der Waals surface area (Å²) in [5.41, 5.74) is 0.565. The molecule has 1 aromatic carbocycles. The van der Waals surface area contributed by atoms with Crippen molar-refractivity contribution < 1.29 is 23.7 Å². The van der Waals surface area contributed by atoms with Crippen molar-refractivity contribution in [2.24, 2.45) is 5.92 Å². The summed E-state index contributed by atoms with van der Waals surface area (Å²) in [7, 11) is 0. The molecule has 148 valence electrons. The summed E-state index contributed by atoms with van der Waals surface area (Å²) in [6.45, 7) is 3.05. The topological polar surface area (TPSA) is 103 Å². The van der Waals surface area contributed by atoms with E-state index in [4.69, 9.17) is 9.15 Å². The number of amides is 1. The van der Waals surface area contributed by atoms with Crippen LogP contribution < -0.4 is 0 Å². The summed E-state index contributed by atoms with van der Waals surface area (Å²) < 4.78 is 10.6. The van der Waals surface area contributed by atoms with Gasteiger partial charge in [0.2, 0.25) is 5.76 Å². The summed E-state index contributed by atoms with van der Waals surface area (Å²) >= 11 is 0. The van der Waals surface area contributed by atoms with Gasteiger partial charge in [-0.15, -0.1) is 0 Å². The molecule has 8 heteroatoms.